The van der Waals surface area contributed by atoms with Crippen LogP contribution in [0.15, 0.2) is 39.7 Å². The number of nitrogens with one attached hydrogen (secondary N) is 1. The van der Waals surface area contributed by atoms with Crippen LogP contribution in [-0.2, 0) is 16.6 Å². The summed E-state index contributed by atoms with van der Waals surface area (Å²) in [6.07, 6.45) is 1.52. The number of rotatable bonds is 6. The van der Waals surface area contributed by atoms with Crippen LogP contribution < -0.4 is 10.3 Å². The van der Waals surface area contributed by atoms with Crippen molar-refractivity contribution in [2.45, 2.75) is 13.5 Å². The zero-order chi connectivity index (χ0) is 14.6. The second kappa shape index (κ2) is 6.02. The van der Waals surface area contributed by atoms with Crippen LogP contribution in [0.5, 0.6) is 0 Å². The summed E-state index contributed by atoms with van der Waals surface area (Å²) in [5, 5.41) is 4.14. The third kappa shape index (κ3) is 3.55. The Bertz CT molecular complexity index is 719. The predicted octanol–water partition coefficient (Wildman–Crippen LogP) is 0.443. The zero-order valence-corrected chi connectivity index (χ0v) is 11.8. The minimum absolute atomic E-state index is 0.00175. The first kappa shape index (κ1) is 14.5. The van der Waals surface area contributed by atoms with Gasteiger partial charge < -0.3 is 4.42 Å². The van der Waals surface area contributed by atoms with Gasteiger partial charge in [0.1, 0.15) is 5.69 Å². The topological polar surface area (TPSA) is 94.2 Å². The van der Waals surface area contributed by atoms with E-state index in [1.54, 1.807) is 25.1 Å². The minimum Gasteiger partial charge on any atom is -0.463 e. The van der Waals surface area contributed by atoms with Crippen LogP contribution in [-0.4, -0.2) is 30.5 Å². The van der Waals surface area contributed by atoms with Crippen LogP contribution in [0.2, 0.25) is 0 Å². The quantitative estimate of drug-likeness (QED) is 0.835. The summed E-state index contributed by atoms with van der Waals surface area (Å²) in [5.41, 5.74) is 0.226. The molecule has 0 amide bonds. The first-order valence-corrected chi connectivity index (χ1v) is 7.76. The number of hydrogen-bond acceptors (Lipinski definition) is 5. The number of nitrogens with zero attached hydrogens (tertiary/aromatic N) is 2. The Balaban J connectivity index is 2.12. The highest BCUT2D eigenvalue weighted by Gasteiger charge is 2.08. The Kier molecular flexibility index (Phi) is 4.35. The van der Waals surface area contributed by atoms with E-state index in [-0.39, 0.29) is 24.4 Å². The minimum atomic E-state index is -3.27. The smallest absolute Gasteiger partial charge is 0.266 e. The van der Waals surface area contributed by atoms with Crippen molar-refractivity contribution in [3.05, 3.63) is 40.9 Å². The maximum absolute atomic E-state index is 11.7. The van der Waals surface area contributed by atoms with Gasteiger partial charge in [0.25, 0.3) is 5.56 Å². The Morgan fingerprint density at radius 3 is 2.80 bits per heavy atom. The fraction of sp³-hybridized carbons (Fsp3) is 0.333. The van der Waals surface area contributed by atoms with E-state index < -0.39 is 10.0 Å². The summed E-state index contributed by atoms with van der Waals surface area (Å²) >= 11 is 0. The van der Waals surface area contributed by atoms with Gasteiger partial charge in [-0.15, -0.1) is 0 Å². The molecule has 0 radical (unpaired) electrons. The molecule has 0 saturated heterocycles. The second-order valence-electron chi connectivity index (χ2n) is 4.06. The van der Waals surface area contributed by atoms with Crippen molar-refractivity contribution < 1.29 is 12.8 Å². The lowest BCUT2D eigenvalue weighted by molar-refractivity contribution is 0.540. The summed E-state index contributed by atoms with van der Waals surface area (Å²) < 4.78 is 31.4. The van der Waals surface area contributed by atoms with E-state index in [0.29, 0.717) is 11.5 Å². The Hall–Kier alpha value is -1.93. The van der Waals surface area contributed by atoms with Crippen molar-refractivity contribution in [3.63, 3.8) is 0 Å². The van der Waals surface area contributed by atoms with Crippen molar-refractivity contribution in [2.75, 3.05) is 12.3 Å². The molecule has 2 heterocycles. The normalized spacial score (nSPS) is 11.7. The van der Waals surface area contributed by atoms with Crippen molar-refractivity contribution in [1.29, 1.82) is 0 Å². The number of furan rings is 1. The summed E-state index contributed by atoms with van der Waals surface area (Å²) in [4.78, 5) is 11.7. The molecule has 7 nitrogen and oxygen atoms in total. The van der Waals surface area contributed by atoms with Gasteiger partial charge in [0.2, 0.25) is 10.0 Å². The van der Waals surface area contributed by atoms with Crippen LogP contribution in [0.4, 0.5) is 0 Å². The van der Waals surface area contributed by atoms with Crippen LogP contribution in [0.3, 0.4) is 0 Å². The molecule has 0 saturated carbocycles. The van der Waals surface area contributed by atoms with Crippen molar-refractivity contribution in [1.82, 2.24) is 14.5 Å². The van der Waals surface area contributed by atoms with Gasteiger partial charge in [-0.2, -0.15) is 5.10 Å². The molecule has 108 valence electrons. The molecule has 0 unspecified atom stereocenters. The maximum Gasteiger partial charge on any atom is 0.266 e. The first-order valence-electron chi connectivity index (χ1n) is 6.11. The van der Waals surface area contributed by atoms with Gasteiger partial charge in [0.15, 0.2) is 5.76 Å². The van der Waals surface area contributed by atoms with E-state index >= 15 is 0 Å². The third-order valence-corrected chi connectivity index (χ3v) is 4.07. The molecule has 20 heavy (non-hydrogen) atoms. The monoisotopic (exact) mass is 297 g/mol. The molecule has 0 bridgehead atoms. The number of hydrogen-bond donors (Lipinski definition) is 1. The number of sulfonamides is 1. The fourth-order valence-electron chi connectivity index (χ4n) is 1.57. The maximum atomic E-state index is 11.7. The Morgan fingerprint density at radius 2 is 2.15 bits per heavy atom. The molecule has 1 N–H and O–H groups in total. The van der Waals surface area contributed by atoms with E-state index in [2.05, 4.69) is 9.82 Å². The highest BCUT2D eigenvalue weighted by Crippen LogP contribution is 2.14. The van der Waals surface area contributed by atoms with Crippen LogP contribution in [0.1, 0.15) is 6.92 Å². The van der Waals surface area contributed by atoms with Gasteiger partial charge in [0, 0.05) is 12.6 Å². The average molecular weight is 297 g/mol. The Labute approximate surface area is 116 Å². The fourth-order valence-corrected chi connectivity index (χ4v) is 2.18. The predicted molar refractivity (Wildman–Crippen MR) is 73.7 cm³/mol. The summed E-state index contributed by atoms with van der Waals surface area (Å²) in [5.74, 6) is 0.551. The molecule has 0 aliphatic rings. The molecule has 0 aliphatic heterocycles. The standard InChI is InChI=1S/C12H15N3O4S/c1-2-20(17,18)13-7-8-15-12(16)6-5-10(14-15)11-4-3-9-19-11/h3-6,9,13H,2,7-8H2,1H3. The Morgan fingerprint density at radius 1 is 1.35 bits per heavy atom. The summed E-state index contributed by atoms with van der Waals surface area (Å²) in [6, 6.07) is 6.39. The van der Waals surface area contributed by atoms with Crippen molar-refractivity contribution in [2.24, 2.45) is 0 Å². The van der Waals surface area contributed by atoms with Gasteiger partial charge in [-0.1, -0.05) is 0 Å². The lowest BCUT2D eigenvalue weighted by atomic mass is 10.3. The zero-order valence-electron chi connectivity index (χ0n) is 10.9. The molecule has 0 aromatic carbocycles. The van der Waals surface area contributed by atoms with Gasteiger partial charge in [-0.05, 0) is 25.1 Å². The van der Waals surface area contributed by atoms with Crippen LogP contribution >= 0.6 is 0 Å². The third-order valence-electron chi connectivity index (χ3n) is 2.67. The lowest BCUT2D eigenvalue weighted by Gasteiger charge is -2.07. The molecule has 0 atom stereocenters. The molecule has 2 rings (SSSR count). The second-order valence-corrected chi connectivity index (χ2v) is 6.15. The first-order chi connectivity index (χ1) is 9.52. The number of aromatic nitrogens is 2. The van der Waals surface area contributed by atoms with E-state index in [1.165, 1.54) is 17.0 Å². The van der Waals surface area contributed by atoms with Crippen molar-refractivity contribution >= 4 is 10.0 Å². The molecular formula is C12H15N3O4S. The molecular weight excluding hydrogens is 282 g/mol. The van der Waals surface area contributed by atoms with E-state index in [9.17, 15) is 13.2 Å². The lowest BCUT2D eigenvalue weighted by Crippen LogP contribution is -2.32. The van der Waals surface area contributed by atoms with Gasteiger partial charge in [0.05, 0.1) is 18.6 Å². The van der Waals surface area contributed by atoms with Crippen LogP contribution in [0, 0.1) is 0 Å². The SMILES string of the molecule is CCS(=O)(=O)NCCn1nc(-c2ccco2)ccc1=O. The molecule has 2 aromatic heterocycles. The molecule has 2 aromatic rings. The summed E-state index contributed by atoms with van der Waals surface area (Å²) in [6.45, 7) is 1.82. The van der Waals surface area contributed by atoms with E-state index in [0.717, 1.165) is 0 Å². The molecule has 0 spiro atoms. The summed E-state index contributed by atoms with van der Waals surface area (Å²) in [7, 11) is -3.27. The van der Waals surface area contributed by atoms with E-state index in [1.807, 2.05) is 0 Å². The van der Waals surface area contributed by atoms with Crippen LogP contribution in [0.25, 0.3) is 11.5 Å². The van der Waals surface area contributed by atoms with Gasteiger partial charge >= 0.3 is 0 Å². The molecule has 0 aliphatic carbocycles. The van der Waals surface area contributed by atoms with Crippen molar-refractivity contribution in [3.8, 4) is 11.5 Å². The molecule has 0 fully saturated rings. The average Bonchev–Trinajstić information content (AvgIpc) is 2.95. The highest BCUT2D eigenvalue weighted by molar-refractivity contribution is 7.89. The molecule has 8 heteroatoms. The van der Waals surface area contributed by atoms with Gasteiger partial charge in [-0.25, -0.2) is 17.8 Å². The van der Waals surface area contributed by atoms with Gasteiger partial charge in [-0.3, -0.25) is 4.79 Å². The highest BCUT2D eigenvalue weighted by atomic mass is 32.2. The largest absolute Gasteiger partial charge is 0.463 e. The van der Waals surface area contributed by atoms with E-state index in [4.69, 9.17) is 4.42 Å².